The predicted octanol–water partition coefficient (Wildman–Crippen LogP) is 5.49. The average molecular weight is 477 g/mol. The lowest BCUT2D eigenvalue weighted by Crippen LogP contribution is -2.28. The molecule has 7 heteroatoms. The van der Waals surface area contributed by atoms with Gasteiger partial charge in [0.25, 0.3) is 5.91 Å². The van der Waals surface area contributed by atoms with Gasteiger partial charge in [-0.25, -0.2) is 5.01 Å². The van der Waals surface area contributed by atoms with Gasteiger partial charge < -0.3 is 14.2 Å². The second-order valence-electron chi connectivity index (χ2n) is 7.92. The summed E-state index contributed by atoms with van der Waals surface area (Å²) in [6.07, 6.45) is 0.566. The maximum atomic E-state index is 13.4. The number of carbonyl (C=O) groups is 1. The average Bonchev–Trinajstić information content (AvgIpc) is 3.33. The summed E-state index contributed by atoms with van der Waals surface area (Å²) in [5.41, 5.74) is 3.84. The van der Waals surface area contributed by atoms with E-state index in [0.29, 0.717) is 17.9 Å². The first-order chi connectivity index (χ1) is 16.5. The molecule has 176 valence electrons. The fraction of sp³-hybridized carbons (Fsp3) is 0.259. The maximum Gasteiger partial charge on any atom is 0.253 e. The zero-order chi connectivity index (χ0) is 24.1. The van der Waals surface area contributed by atoms with E-state index in [1.807, 2.05) is 73.7 Å². The van der Waals surface area contributed by atoms with Crippen LogP contribution in [0.25, 0.3) is 0 Å². The number of rotatable bonds is 8. The van der Waals surface area contributed by atoms with Gasteiger partial charge >= 0.3 is 0 Å². The molecule has 1 aliphatic heterocycles. The molecule has 3 aromatic carbocycles. The Morgan fingerprint density at radius 3 is 2.35 bits per heavy atom. The first-order valence-corrected chi connectivity index (χ1v) is 12.0. The quantitative estimate of drug-likeness (QED) is 0.402. The molecule has 1 atom stereocenters. The van der Waals surface area contributed by atoms with E-state index >= 15 is 0 Å². The molecule has 0 spiro atoms. The van der Waals surface area contributed by atoms with E-state index in [4.69, 9.17) is 19.3 Å². The summed E-state index contributed by atoms with van der Waals surface area (Å²) in [6.45, 7) is 2.05. The van der Waals surface area contributed by atoms with Gasteiger partial charge in [0.2, 0.25) is 0 Å². The van der Waals surface area contributed by atoms with E-state index in [9.17, 15) is 4.79 Å². The Hall–Kier alpha value is -3.45. The lowest BCUT2D eigenvalue weighted by atomic mass is 9.97. The molecule has 0 unspecified atom stereocenters. The number of ether oxygens (including phenoxy) is 3. The van der Waals surface area contributed by atoms with Gasteiger partial charge in [0.1, 0.15) is 5.75 Å². The summed E-state index contributed by atoms with van der Waals surface area (Å²) in [7, 11) is 4.86. The van der Waals surface area contributed by atoms with Crippen LogP contribution in [0.15, 0.2) is 76.7 Å². The summed E-state index contributed by atoms with van der Waals surface area (Å²) in [5, 5.41) is 6.37. The third-order valence-electron chi connectivity index (χ3n) is 5.76. The summed E-state index contributed by atoms with van der Waals surface area (Å²) in [5.74, 6) is 2.23. The number of hydrazone groups is 1. The molecule has 1 heterocycles. The minimum absolute atomic E-state index is 0.0658. The van der Waals surface area contributed by atoms with Gasteiger partial charge in [0, 0.05) is 16.9 Å². The topological polar surface area (TPSA) is 60.4 Å². The molecule has 1 aliphatic rings. The standard InChI is InChI=1S/C27H28N2O4S/c1-18-8-14-21(15-9-18)34-17-26(30)29-24(22-6-5-7-25(32-3)27(22)33-4)16-23(28-29)19-10-12-20(31-2)13-11-19/h5-15,24H,16-17H2,1-4H3/t24-/m1/s1. The first kappa shape index (κ1) is 23.7. The number of amides is 1. The van der Waals surface area contributed by atoms with E-state index in [2.05, 4.69) is 0 Å². The van der Waals surface area contributed by atoms with Gasteiger partial charge in [-0.15, -0.1) is 11.8 Å². The number of hydrogen-bond acceptors (Lipinski definition) is 6. The second kappa shape index (κ2) is 10.7. The van der Waals surface area contributed by atoms with Crippen molar-refractivity contribution in [1.29, 1.82) is 0 Å². The molecule has 1 amide bonds. The zero-order valence-electron chi connectivity index (χ0n) is 19.8. The van der Waals surface area contributed by atoms with Crippen LogP contribution >= 0.6 is 11.8 Å². The van der Waals surface area contributed by atoms with Crippen LogP contribution in [-0.2, 0) is 4.79 Å². The molecular formula is C27H28N2O4S. The van der Waals surface area contributed by atoms with Gasteiger partial charge in [0.15, 0.2) is 11.5 Å². The molecule has 34 heavy (non-hydrogen) atoms. The lowest BCUT2D eigenvalue weighted by molar-refractivity contribution is -0.130. The van der Waals surface area contributed by atoms with Crippen molar-refractivity contribution < 1.29 is 19.0 Å². The Morgan fingerprint density at radius 2 is 1.71 bits per heavy atom. The number of hydrogen-bond donors (Lipinski definition) is 0. The SMILES string of the molecule is COc1ccc(C2=NN(C(=O)CSc3ccc(C)cc3)[C@@H](c3cccc(OC)c3OC)C2)cc1. The number of methoxy groups -OCH3 is 3. The highest BCUT2D eigenvalue weighted by Crippen LogP contribution is 2.42. The van der Waals surface area contributed by atoms with Crippen LogP contribution in [0.3, 0.4) is 0 Å². The summed E-state index contributed by atoms with van der Waals surface area (Å²) in [6, 6.07) is 21.3. The maximum absolute atomic E-state index is 13.4. The molecule has 0 saturated carbocycles. The predicted molar refractivity (Wildman–Crippen MR) is 135 cm³/mol. The summed E-state index contributed by atoms with van der Waals surface area (Å²) < 4.78 is 16.5. The van der Waals surface area contributed by atoms with Crippen LogP contribution in [-0.4, -0.2) is 43.7 Å². The van der Waals surface area contributed by atoms with Gasteiger partial charge in [0.05, 0.1) is 38.8 Å². The van der Waals surface area contributed by atoms with Crippen molar-refractivity contribution >= 4 is 23.4 Å². The highest BCUT2D eigenvalue weighted by atomic mass is 32.2. The van der Waals surface area contributed by atoms with Crippen molar-refractivity contribution in [2.45, 2.75) is 24.3 Å². The van der Waals surface area contributed by atoms with E-state index in [1.54, 1.807) is 26.3 Å². The largest absolute Gasteiger partial charge is 0.497 e. The number of thioether (sulfide) groups is 1. The number of benzene rings is 3. The van der Waals surface area contributed by atoms with E-state index in [0.717, 1.165) is 27.5 Å². The van der Waals surface area contributed by atoms with Crippen molar-refractivity contribution in [2.75, 3.05) is 27.1 Å². The molecule has 0 bridgehead atoms. The first-order valence-electron chi connectivity index (χ1n) is 11.0. The van der Waals surface area contributed by atoms with E-state index in [1.165, 1.54) is 17.3 Å². The van der Waals surface area contributed by atoms with Crippen molar-refractivity contribution in [2.24, 2.45) is 5.10 Å². The molecule has 0 radical (unpaired) electrons. The minimum atomic E-state index is -0.298. The number of carbonyl (C=O) groups excluding carboxylic acids is 1. The zero-order valence-corrected chi connectivity index (χ0v) is 20.6. The highest BCUT2D eigenvalue weighted by molar-refractivity contribution is 8.00. The van der Waals surface area contributed by atoms with Crippen LogP contribution in [0.1, 0.15) is 29.2 Å². The van der Waals surface area contributed by atoms with Crippen LogP contribution in [0.4, 0.5) is 0 Å². The smallest absolute Gasteiger partial charge is 0.253 e. The van der Waals surface area contributed by atoms with Crippen molar-refractivity contribution in [3.05, 3.63) is 83.4 Å². The number of nitrogens with zero attached hydrogens (tertiary/aromatic N) is 2. The van der Waals surface area contributed by atoms with Gasteiger partial charge in [-0.3, -0.25) is 4.79 Å². The Bertz CT molecular complexity index is 1180. The molecule has 4 rings (SSSR count). The van der Waals surface area contributed by atoms with Gasteiger partial charge in [-0.2, -0.15) is 5.10 Å². The fourth-order valence-electron chi connectivity index (χ4n) is 3.96. The minimum Gasteiger partial charge on any atom is -0.497 e. The lowest BCUT2D eigenvalue weighted by Gasteiger charge is -2.24. The summed E-state index contributed by atoms with van der Waals surface area (Å²) >= 11 is 1.51. The van der Waals surface area contributed by atoms with Crippen molar-refractivity contribution in [1.82, 2.24) is 5.01 Å². The van der Waals surface area contributed by atoms with E-state index < -0.39 is 0 Å². The Kier molecular flexibility index (Phi) is 7.43. The molecule has 0 N–H and O–H groups in total. The van der Waals surface area contributed by atoms with Crippen LogP contribution < -0.4 is 14.2 Å². The summed E-state index contributed by atoms with van der Waals surface area (Å²) in [4.78, 5) is 14.5. The van der Waals surface area contributed by atoms with Crippen molar-refractivity contribution in [3.63, 3.8) is 0 Å². The third kappa shape index (κ3) is 5.04. The van der Waals surface area contributed by atoms with Crippen LogP contribution in [0, 0.1) is 6.92 Å². The van der Waals surface area contributed by atoms with Gasteiger partial charge in [-0.1, -0.05) is 29.8 Å². The van der Waals surface area contributed by atoms with E-state index in [-0.39, 0.29) is 17.7 Å². The van der Waals surface area contributed by atoms with Gasteiger partial charge in [-0.05, 0) is 55.0 Å². The number of para-hydroxylation sites is 1. The highest BCUT2D eigenvalue weighted by Gasteiger charge is 2.35. The Labute approximate surface area is 204 Å². The molecule has 0 aliphatic carbocycles. The Morgan fingerprint density at radius 1 is 0.971 bits per heavy atom. The second-order valence-corrected chi connectivity index (χ2v) is 8.97. The van der Waals surface area contributed by atoms with Crippen LogP contribution in [0.2, 0.25) is 0 Å². The molecule has 0 saturated heterocycles. The molecular weight excluding hydrogens is 448 g/mol. The Balaban J connectivity index is 1.65. The van der Waals surface area contributed by atoms with Crippen LogP contribution in [0.5, 0.6) is 17.2 Å². The monoisotopic (exact) mass is 476 g/mol. The third-order valence-corrected chi connectivity index (χ3v) is 6.76. The van der Waals surface area contributed by atoms with Crippen molar-refractivity contribution in [3.8, 4) is 17.2 Å². The molecule has 6 nitrogen and oxygen atoms in total. The normalized spacial score (nSPS) is 15.1. The number of aryl methyl sites for hydroxylation is 1. The molecule has 0 fully saturated rings. The molecule has 0 aromatic heterocycles. The fourth-order valence-corrected chi connectivity index (χ4v) is 4.71. The molecule has 3 aromatic rings.